The summed E-state index contributed by atoms with van der Waals surface area (Å²) in [6.45, 7) is 3.99. The highest BCUT2D eigenvalue weighted by atomic mass is 35.5. The minimum absolute atomic E-state index is 0.147. The summed E-state index contributed by atoms with van der Waals surface area (Å²) in [5, 5.41) is 0.461. The van der Waals surface area contributed by atoms with E-state index in [0.717, 1.165) is 11.1 Å². The Balaban J connectivity index is 2.41. The zero-order valence-corrected chi connectivity index (χ0v) is 13.4. The second kappa shape index (κ2) is 6.05. The largest absolute Gasteiger partial charge is 0.326 e. The summed E-state index contributed by atoms with van der Waals surface area (Å²) >= 11 is 5.96. The van der Waals surface area contributed by atoms with Crippen molar-refractivity contribution >= 4 is 27.3 Å². The molecule has 0 aliphatic rings. The van der Waals surface area contributed by atoms with Crippen molar-refractivity contribution in [1.82, 2.24) is 0 Å². The quantitative estimate of drug-likeness (QED) is 0.907. The van der Waals surface area contributed by atoms with Gasteiger partial charge in [0, 0.05) is 11.6 Å². The molecule has 112 valence electrons. The van der Waals surface area contributed by atoms with Crippen LogP contribution in [0.2, 0.25) is 5.02 Å². The Hall–Kier alpha value is -1.56. The third-order valence-electron chi connectivity index (χ3n) is 3.40. The van der Waals surface area contributed by atoms with Gasteiger partial charge in [-0.2, -0.15) is 0 Å². The maximum Gasteiger partial charge on any atom is 0.261 e. The Labute approximate surface area is 130 Å². The van der Waals surface area contributed by atoms with Gasteiger partial charge in [-0.25, -0.2) is 8.42 Å². The molecular formula is C15H17ClN2O2S. The molecule has 2 rings (SSSR count). The van der Waals surface area contributed by atoms with E-state index < -0.39 is 10.0 Å². The first kappa shape index (κ1) is 15.8. The van der Waals surface area contributed by atoms with Crippen molar-refractivity contribution in [3.63, 3.8) is 0 Å². The molecule has 0 spiro atoms. The van der Waals surface area contributed by atoms with Crippen LogP contribution in [0.15, 0.2) is 41.3 Å². The lowest BCUT2D eigenvalue weighted by molar-refractivity contribution is 0.601. The molecule has 0 aliphatic heterocycles. The Morgan fingerprint density at radius 2 is 1.90 bits per heavy atom. The number of anilines is 1. The van der Waals surface area contributed by atoms with Crippen LogP contribution in [0, 0.1) is 13.8 Å². The van der Waals surface area contributed by atoms with E-state index in [9.17, 15) is 8.42 Å². The topological polar surface area (TPSA) is 72.2 Å². The Bertz CT molecular complexity index is 773. The summed E-state index contributed by atoms with van der Waals surface area (Å²) in [6, 6.07) is 9.99. The molecule has 21 heavy (non-hydrogen) atoms. The standard InChI is InChI=1S/C15H17ClN2O2S/c1-10-4-3-5-15(11(10)2)18-21(19,20)13-6-7-14(16)12(8-13)9-17/h3-8,18H,9,17H2,1-2H3. The highest BCUT2D eigenvalue weighted by Crippen LogP contribution is 2.24. The van der Waals surface area contributed by atoms with Gasteiger partial charge < -0.3 is 5.73 Å². The van der Waals surface area contributed by atoms with Gasteiger partial charge in [-0.05, 0) is 54.8 Å². The van der Waals surface area contributed by atoms with Crippen molar-refractivity contribution in [3.05, 3.63) is 58.1 Å². The first-order valence-corrected chi connectivity index (χ1v) is 8.29. The number of aryl methyl sites for hydroxylation is 1. The molecule has 0 saturated carbocycles. The molecule has 0 heterocycles. The minimum Gasteiger partial charge on any atom is -0.326 e. The van der Waals surface area contributed by atoms with Gasteiger partial charge in [-0.1, -0.05) is 23.7 Å². The van der Waals surface area contributed by atoms with Crippen molar-refractivity contribution in [2.24, 2.45) is 5.73 Å². The maximum atomic E-state index is 12.4. The first-order chi connectivity index (χ1) is 9.85. The van der Waals surface area contributed by atoms with Crippen molar-refractivity contribution in [3.8, 4) is 0 Å². The molecular weight excluding hydrogens is 308 g/mol. The summed E-state index contributed by atoms with van der Waals surface area (Å²) in [7, 11) is -3.67. The van der Waals surface area contributed by atoms with Crippen molar-refractivity contribution in [1.29, 1.82) is 0 Å². The molecule has 4 nitrogen and oxygen atoms in total. The van der Waals surface area contributed by atoms with Gasteiger partial charge >= 0.3 is 0 Å². The minimum atomic E-state index is -3.67. The van der Waals surface area contributed by atoms with E-state index in [1.165, 1.54) is 12.1 Å². The Kier molecular flexibility index (Phi) is 4.56. The molecule has 0 fully saturated rings. The lowest BCUT2D eigenvalue weighted by Crippen LogP contribution is -2.14. The monoisotopic (exact) mass is 324 g/mol. The Morgan fingerprint density at radius 3 is 2.57 bits per heavy atom. The highest BCUT2D eigenvalue weighted by Gasteiger charge is 2.17. The highest BCUT2D eigenvalue weighted by molar-refractivity contribution is 7.92. The molecule has 0 aliphatic carbocycles. The second-order valence-corrected chi connectivity index (χ2v) is 6.90. The molecule has 3 N–H and O–H groups in total. The van der Waals surface area contributed by atoms with Gasteiger partial charge in [0.25, 0.3) is 10.0 Å². The third-order valence-corrected chi connectivity index (χ3v) is 5.13. The molecule has 0 unspecified atom stereocenters. The molecule has 0 amide bonds. The van der Waals surface area contributed by atoms with Crippen LogP contribution in [-0.2, 0) is 16.6 Å². The summed E-state index contributed by atoms with van der Waals surface area (Å²) in [4.78, 5) is 0.147. The van der Waals surface area contributed by atoms with Crippen LogP contribution in [0.3, 0.4) is 0 Å². The second-order valence-electron chi connectivity index (χ2n) is 4.81. The van der Waals surface area contributed by atoms with Crippen LogP contribution in [0.4, 0.5) is 5.69 Å². The van der Waals surface area contributed by atoms with Crippen LogP contribution >= 0.6 is 11.6 Å². The predicted molar refractivity (Wildman–Crippen MR) is 86.1 cm³/mol. The van der Waals surface area contributed by atoms with Crippen molar-refractivity contribution < 1.29 is 8.42 Å². The van der Waals surface area contributed by atoms with Gasteiger partial charge in [0.2, 0.25) is 0 Å². The first-order valence-electron chi connectivity index (χ1n) is 6.42. The molecule has 0 radical (unpaired) electrons. The summed E-state index contributed by atoms with van der Waals surface area (Å²) in [6.07, 6.45) is 0. The third kappa shape index (κ3) is 3.37. The summed E-state index contributed by atoms with van der Waals surface area (Å²) in [5.41, 5.74) is 8.65. The van der Waals surface area contributed by atoms with E-state index >= 15 is 0 Å². The number of rotatable bonds is 4. The summed E-state index contributed by atoms with van der Waals surface area (Å²) < 4.78 is 27.5. The summed E-state index contributed by atoms with van der Waals surface area (Å²) in [5.74, 6) is 0. The molecule has 2 aromatic rings. The van der Waals surface area contributed by atoms with Gasteiger partial charge in [-0.3, -0.25) is 4.72 Å². The smallest absolute Gasteiger partial charge is 0.261 e. The normalized spacial score (nSPS) is 11.4. The average molecular weight is 325 g/mol. The van der Waals surface area contributed by atoms with E-state index in [1.54, 1.807) is 12.1 Å². The number of halogens is 1. The maximum absolute atomic E-state index is 12.4. The van der Waals surface area contributed by atoms with Crippen LogP contribution in [0.1, 0.15) is 16.7 Å². The lowest BCUT2D eigenvalue weighted by atomic mass is 10.1. The van der Waals surface area contributed by atoms with E-state index in [4.69, 9.17) is 17.3 Å². The molecule has 0 aromatic heterocycles. The Morgan fingerprint density at radius 1 is 1.19 bits per heavy atom. The number of nitrogens with one attached hydrogen (secondary N) is 1. The number of benzene rings is 2. The lowest BCUT2D eigenvalue weighted by Gasteiger charge is -2.13. The van der Waals surface area contributed by atoms with Gasteiger partial charge in [0.05, 0.1) is 10.6 Å². The van der Waals surface area contributed by atoms with Crippen LogP contribution < -0.4 is 10.5 Å². The van der Waals surface area contributed by atoms with Gasteiger partial charge in [0.15, 0.2) is 0 Å². The fraction of sp³-hybridized carbons (Fsp3) is 0.200. The molecule has 0 saturated heterocycles. The zero-order valence-electron chi connectivity index (χ0n) is 11.9. The molecule has 2 aromatic carbocycles. The van der Waals surface area contributed by atoms with Gasteiger partial charge in [0.1, 0.15) is 0 Å². The van der Waals surface area contributed by atoms with Gasteiger partial charge in [-0.15, -0.1) is 0 Å². The van der Waals surface area contributed by atoms with E-state index in [0.29, 0.717) is 16.3 Å². The van der Waals surface area contributed by atoms with Crippen molar-refractivity contribution in [2.45, 2.75) is 25.3 Å². The fourth-order valence-corrected chi connectivity index (χ4v) is 3.31. The number of sulfonamides is 1. The molecule has 6 heteroatoms. The zero-order chi connectivity index (χ0) is 15.6. The molecule has 0 atom stereocenters. The average Bonchev–Trinajstić information content (AvgIpc) is 2.44. The van der Waals surface area contributed by atoms with Crippen LogP contribution in [0.5, 0.6) is 0 Å². The van der Waals surface area contributed by atoms with E-state index in [-0.39, 0.29) is 11.4 Å². The number of hydrogen-bond donors (Lipinski definition) is 2. The number of nitrogens with two attached hydrogens (primary N) is 1. The fourth-order valence-electron chi connectivity index (χ4n) is 1.94. The SMILES string of the molecule is Cc1cccc(NS(=O)(=O)c2ccc(Cl)c(CN)c2)c1C. The van der Waals surface area contributed by atoms with E-state index in [2.05, 4.69) is 4.72 Å². The van der Waals surface area contributed by atoms with Crippen LogP contribution in [0.25, 0.3) is 0 Å². The molecule has 0 bridgehead atoms. The van der Waals surface area contributed by atoms with Crippen molar-refractivity contribution in [2.75, 3.05) is 4.72 Å². The number of hydrogen-bond acceptors (Lipinski definition) is 3. The van der Waals surface area contributed by atoms with E-state index in [1.807, 2.05) is 26.0 Å². The predicted octanol–water partition coefficient (Wildman–Crippen LogP) is 3.22. The van der Waals surface area contributed by atoms with Crippen LogP contribution in [-0.4, -0.2) is 8.42 Å².